The first kappa shape index (κ1) is 21.4. The Balaban J connectivity index is 1.67. The van der Waals surface area contributed by atoms with Crippen molar-refractivity contribution >= 4 is 22.8 Å². The second kappa shape index (κ2) is 9.91. The molecule has 1 heterocycles. The summed E-state index contributed by atoms with van der Waals surface area (Å²) in [6.07, 6.45) is 1.80. The van der Waals surface area contributed by atoms with Crippen LogP contribution in [-0.2, 0) is 22.5 Å². The lowest BCUT2D eigenvalue weighted by Crippen LogP contribution is -2.26. The van der Waals surface area contributed by atoms with Crippen molar-refractivity contribution in [2.24, 2.45) is 0 Å². The number of carbonyl (C=O) groups excluding carboxylic acids is 2. The van der Waals surface area contributed by atoms with Gasteiger partial charge in [0, 0.05) is 13.0 Å². The predicted octanol–water partition coefficient (Wildman–Crippen LogP) is 3.69. The number of hydrogen-bond acceptors (Lipinski definition) is 5. The minimum atomic E-state index is -0.661. The molecule has 0 saturated heterocycles. The maximum atomic E-state index is 13.6. The Bertz CT molecular complexity index is 1120. The average molecular weight is 410 g/mol. The Hall–Kier alpha value is -3.35. The van der Waals surface area contributed by atoms with Crippen LogP contribution in [0.3, 0.4) is 0 Å². The van der Waals surface area contributed by atoms with Crippen molar-refractivity contribution in [2.45, 2.75) is 39.2 Å². The molecule has 0 aliphatic heterocycles. The van der Waals surface area contributed by atoms with Crippen LogP contribution in [0.15, 0.2) is 53.3 Å². The second-order valence-corrected chi connectivity index (χ2v) is 6.92. The van der Waals surface area contributed by atoms with Crippen LogP contribution < -0.4 is 5.56 Å². The van der Waals surface area contributed by atoms with Gasteiger partial charge >= 0.3 is 5.97 Å². The molecule has 3 aromatic rings. The van der Waals surface area contributed by atoms with Gasteiger partial charge in [-0.15, -0.1) is 0 Å². The molecule has 3 rings (SSSR count). The molecule has 156 valence electrons. The fourth-order valence-electron chi connectivity index (χ4n) is 3.15. The third-order valence-corrected chi connectivity index (χ3v) is 4.76. The molecule has 2 aromatic carbocycles. The Kier molecular flexibility index (Phi) is 7.06. The smallest absolute Gasteiger partial charge is 0.306 e. The van der Waals surface area contributed by atoms with E-state index >= 15 is 0 Å². The summed E-state index contributed by atoms with van der Waals surface area (Å²) in [6, 6.07) is 12.9. The Morgan fingerprint density at radius 3 is 2.60 bits per heavy atom. The van der Waals surface area contributed by atoms with E-state index in [-0.39, 0.29) is 29.7 Å². The minimum Gasteiger partial charge on any atom is -0.457 e. The van der Waals surface area contributed by atoms with Crippen molar-refractivity contribution in [3.05, 3.63) is 76.0 Å². The molecule has 1 aromatic heterocycles. The number of aromatic nitrogens is 2. The quantitative estimate of drug-likeness (QED) is 0.397. The molecular formula is C23H23FN2O4. The van der Waals surface area contributed by atoms with Gasteiger partial charge in [0.05, 0.1) is 23.0 Å². The number of esters is 1. The van der Waals surface area contributed by atoms with Crippen molar-refractivity contribution in [3.8, 4) is 0 Å². The summed E-state index contributed by atoms with van der Waals surface area (Å²) in [7, 11) is 0. The van der Waals surface area contributed by atoms with Gasteiger partial charge in [-0.2, -0.15) is 0 Å². The number of hydrogen-bond donors (Lipinski definition) is 0. The molecule has 0 atom stereocenters. The number of halogens is 1. The van der Waals surface area contributed by atoms with E-state index in [0.29, 0.717) is 12.1 Å². The zero-order valence-electron chi connectivity index (χ0n) is 16.8. The number of carbonyl (C=O) groups is 2. The van der Waals surface area contributed by atoms with E-state index in [4.69, 9.17) is 4.74 Å². The molecule has 7 heteroatoms. The van der Waals surface area contributed by atoms with Crippen LogP contribution in [0.5, 0.6) is 0 Å². The lowest BCUT2D eigenvalue weighted by atomic mass is 10.1. The molecule has 0 amide bonds. The van der Waals surface area contributed by atoms with Crippen LogP contribution in [0.4, 0.5) is 4.39 Å². The van der Waals surface area contributed by atoms with Gasteiger partial charge < -0.3 is 9.30 Å². The van der Waals surface area contributed by atoms with Gasteiger partial charge in [0.15, 0.2) is 6.61 Å². The van der Waals surface area contributed by atoms with E-state index in [1.807, 2.05) is 31.2 Å². The summed E-state index contributed by atoms with van der Waals surface area (Å²) in [5.41, 5.74) is 1.38. The summed E-state index contributed by atoms with van der Waals surface area (Å²) in [4.78, 5) is 41.3. The zero-order chi connectivity index (χ0) is 21.5. The number of fused-ring (bicyclic) bond motifs is 1. The number of ether oxygens (including phenoxy) is 1. The largest absolute Gasteiger partial charge is 0.457 e. The number of unbranched alkanes of at least 4 members (excludes halogenated alkanes) is 1. The van der Waals surface area contributed by atoms with Gasteiger partial charge in [0.2, 0.25) is 5.78 Å². The summed E-state index contributed by atoms with van der Waals surface area (Å²) in [6.45, 7) is 2.08. The Morgan fingerprint density at radius 2 is 1.83 bits per heavy atom. The molecule has 0 radical (unpaired) electrons. The molecule has 0 fully saturated rings. The number of rotatable bonds is 9. The average Bonchev–Trinajstić information content (AvgIpc) is 2.76. The van der Waals surface area contributed by atoms with Crippen LogP contribution in [0, 0.1) is 5.82 Å². The van der Waals surface area contributed by atoms with E-state index < -0.39 is 24.2 Å². The summed E-state index contributed by atoms with van der Waals surface area (Å²) >= 11 is 0. The summed E-state index contributed by atoms with van der Waals surface area (Å²) < 4.78 is 20.3. The van der Waals surface area contributed by atoms with Crippen molar-refractivity contribution in [2.75, 3.05) is 6.61 Å². The number of para-hydroxylation sites is 2. The monoisotopic (exact) mass is 410 g/mol. The van der Waals surface area contributed by atoms with Crippen molar-refractivity contribution in [1.29, 1.82) is 0 Å². The van der Waals surface area contributed by atoms with E-state index in [1.165, 1.54) is 24.3 Å². The van der Waals surface area contributed by atoms with Crippen LogP contribution in [0.25, 0.3) is 11.0 Å². The lowest BCUT2D eigenvalue weighted by Gasteiger charge is -2.12. The Morgan fingerprint density at radius 1 is 1.10 bits per heavy atom. The van der Waals surface area contributed by atoms with Crippen LogP contribution in [0.2, 0.25) is 0 Å². The fourth-order valence-corrected chi connectivity index (χ4v) is 3.15. The number of nitrogens with zero attached hydrogens (tertiary/aromatic N) is 2. The van der Waals surface area contributed by atoms with Gasteiger partial charge in [0.25, 0.3) is 5.56 Å². The van der Waals surface area contributed by atoms with Crippen molar-refractivity contribution < 1.29 is 18.7 Å². The van der Waals surface area contributed by atoms with Crippen LogP contribution >= 0.6 is 0 Å². The van der Waals surface area contributed by atoms with Gasteiger partial charge in [0.1, 0.15) is 11.5 Å². The molecule has 0 aliphatic rings. The Labute approximate surface area is 173 Å². The van der Waals surface area contributed by atoms with Gasteiger partial charge in [-0.25, -0.2) is 9.37 Å². The van der Waals surface area contributed by atoms with Crippen LogP contribution in [-0.4, -0.2) is 27.9 Å². The van der Waals surface area contributed by atoms with Crippen molar-refractivity contribution in [3.63, 3.8) is 0 Å². The van der Waals surface area contributed by atoms with Gasteiger partial charge in [-0.05, 0) is 30.7 Å². The third kappa shape index (κ3) is 4.97. The molecule has 0 unspecified atom stereocenters. The van der Waals surface area contributed by atoms with E-state index in [2.05, 4.69) is 4.98 Å². The SMILES string of the molecule is CCCCn1c(=O)c(CCC(=O)OCC(=O)c2ccccc2F)nc2ccccc21. The van der Waals surface area contributed by atoms with E-state index in [1.54, 1.807) is 4.57 Å². The molecule has 0 bridgehead atoms. The van der Waals surface area contributed by atoms with Gasteiger partial charge in [-0.3, -0.25) is 14.4 Å². The molecule has 0 spiro atoms. The molecule has 30 heavy (non-hydrogen) atoms. The van der Waals surface area contributed by atoms with Gasteiger partial charge in [-0.1, -0.05) is 37.6 Å². The topological polar surface area (TPSA) is 78.3 Å². The molecular weight excluding hydrogens is 387 g/mol. The summed E-state index contributed by atoms with van der Waals surface area (Å²) in [5, 5.41) is 0. The molecule has 0 aliphatic carbocycles. The molecule has 0 N–H and O–H groups in total. The maximum absolute atomic E-state index is 13.6. The van der Waals surface area contributed by atoms with Crippen LogP contribution in [0.1, 0.15) is 42.2 Å². The van der Waals surface area contributed by atoms with E-state index in [9.17, 15) is 18.8 Å². The standard InChI is InChI=1S/C23H23FN2O4/c1-2-3-14-26-20-11-7-6-10-18(20)25-19(23(26)29)12-13-22(28)30-15-21(27)16-8-4-5-9-17(16)24/h4-11H,2-3,12-15H2,1H3. The fraction of sp³-hybridized carbons (Fsp3) is 0.304. The second-order valence-electron chi connectivity index (χ2n) is 6.92. The third-order valence-electron chi connectivity index (χ3n) is 4.76. The first-order valence-electron chi connectivity index (χ1n) is 9.93. The number of ketones is 1. The summed E-state index contributed by atoms with van der Waals surface area (Å²) in [5.74, 6) is -1.92. The molecule has 0 saturated carbocycles. The number of benzene rings is 2. The number of Topliss-reactive ketones (excluding diaryl/α,β-unsaturated/α-hetero) is 1. The zero-order valence-corrected chi connectivity index (χ0v) is 16.8. The minimum absolute atomic E-state index is 0.0983. The van der Waals surface area contributed by atoms with E-state index in [0.717, 1.165) is 18.4 Å². The normalized spacial score (nSPS) is 10.9. The first-order valence-corrected chi connectivity index (χ1v) is 9.93. The highest BCUT2D eigenvalue weighted by atomic mass is 19.1. The highest BCUT2D eigenvalue weighted by Crippen LogP contribution is 2.12. The number of aryl methyl sites for hydroxylation is 2. The lowest BCUT2D eigenvalue weighted by molar-refractivity contribution is -0.142. The molecule has 6 nitrogen and oxygen atoms in total. The maximum Gasteiger partial charge on any atom is 0.306 e. The van der Waals surface area contributed by atoms with Crippen molar-refractivity contribution in [1.82, 2.24) is 9.55 Å². The highest BCUT2D eigenvalue weighted by Gasteiger charge is 2.16. The predicted molar refractivity (Wildman–Crippen MR) is 111 cm³/mol. The first-order chi connectivity index (χ1) is 14.5. The highest BCUT2D eigenvalue weighted by molar-refractivity contribution is 5.98.